The summed E-state index contributed by atoms with van der Waals surface area (Å²) < 4.78 is 42.4. The summed E-state index contributed by atoms with van der Waals surface area (Å²) in [5.74, 6) is 0. The SMILES string of the molecule is C=C1CC(C)=NN1Cc1ccc(C(F)(F)F)cc1NSc1ccc(Cl)cc1. The van der Waals surface area contributed by atoms with Crippen molar-refractivity contribution in [1.82, 2.24) is 5.01 Å². The van der Waals surface area contributed by atoms with Crippen LogP contribution in [0.1, 0.15) is 24.5 Å². The Morgan fingerprint density at radius 1 is 1.22 bits per heavy atom. The summed E-state index contributed by atoms with van der Waals surface area (Å²) in [6.07, 6.45) is -3.74. The van der Waals surface area contributed by atoms with E-state index in [0.717, 1.165) is 28.4 Å². The predicted molar refractivity (Wildman–Crippen MR) is 105 cm³/mol. The maximum atomic E-state index is 13.1. The van der Waals surface area contributed by atoms with Gasteiger partial charge in [-0.05, 0) is 60.8 Å². The minimum absolute atomic E-state index is 0.345. The number of hydrogen-bond donors (Lipinski definition) is 1. The molecule has 0 unspecified atom stereocenters. The molecule has 0 bridgehead atoms. The van der Waals surface area contributed by atoms with Crippen LogP contribution in [0, 0.1) is 0 Å². The van der Waals surface area contributed by atoms with Crippen molar-refractivity contribution in [1.29, 1.82) is 0 Å². The smallest absolute Gasteiger partial charge is 0.325 e. The normalized spacial score (nSPS) is 14.5. The molecule has 8 heteroatoms. The van der Waals surface area contributed by atoms with E-state index >= 15 is 0 Å². The van der Waals surface area contributed by atoms with Gasteiger partial charge in [0.2, 0.25) is 0 Å². The number of halogens is 4. The van der Waals surface area contributed by atoms with Crippen LogP contribution in [0.4, 0.5) is 18.9 Å². The van der Waals surface area contributed by atoms with E-state index in [0.29, 0.717) is 29.2 Å². The number of nitrogens with zero attached hydrogens (tertiary/aromatic N) is 2. The molecule has 2 aromatic carbocycles. The van der Waals surface area contributed by atoms with E-state index in [-0.39, 0.29) is 0 Å². The summed E-state index contributed by atoms with van der Waals surface area (Å²) in [4.78, 5) is 0.835. The third kappa shape index (κ3) is 4.99. The van der Waals surface area contributed by atoms with Gasteiger partial charge in [-0.25, -0.2) is 0 Å². The molecule has 0 aromatic heterocycles. The molecular formula is C19H17ClF3N3S. The number of benzene rings is 2. The van der Waals surface area contributed by atoms with Crippen LogP contribution in [-0.4, -0.2) is 10.7 Å². The number of rotatable bonds is 5. The van der Waals surface area contributed by atoms with Crippen LogP contribution in [0.25, 0.3) is 0 Å². The van der Waals surface area contributed by atoms with E-state index in [1.165, 1.54) is 18.0 Å². The zero-order valence-corrected chi connectivity index (χ0v) is 16.0. The van der Waals surface area contributed by atoms with Gasteiger partial charge in [-0.15, -0.1) is 0 Å². The van der Waals surface area contributed by atoms with Crippen molar-refractivity contribution in [3.05, 3.63) is 70.9 Å². The van der Waals surface area contributed by atoms with E-state index in [1.807, 2.05) is 6.92 Å². The van der Waals surface area contributed by atoms with Gasteiger partial charge in [0.15, 0.2) is 0 Å². The molecule has 142 valence electrons. The maximum absolute atomic E-state index is 13.1. The van der Waals surface area contributed by atoms with Crippen molar-refractivity contribution in [3.8, 4) is 0 Å². The number of allylic oxidation sites excluding steroid dienone is 1. The summed E-state index contributed by atoms with van der Waals surface area (Å²) in [7, 11) is 0. The fourth-order valence-corrected chi connectivity index (χ4v) is 3.43. The second-order valence-corrected chi connectivity index (χ2v) is 7.48. The van der Waals surface area contributed by atoms with E-state index in [2.05, 4.69) is 16.4 Å². The lowest BCUT2D eigenvalue weighted by Crippen LogP contribution is -2.13. The molecule has 0 fully saturated rings. The van der Waals surface area contributed by atoms with Gasteiger partial charge in [0, 0.05) is 33.4 Å². The van der Waals surface area contributed by atoms with Crippen molar-refractivity contribution in [2.24, 2.45) is 5.10 Å². The second kappa shape index (κ2) is 7.86. The van der Waals surface area contributed by atoms with Gasteiger partial charge < -0.3 is 4.72 Å². The van der Waals surface area contributed by atoms with E-state index in [4.69, 9.17) is 11.6 Å². The molecule has 0 radical (unpaired) electrons. The van der Waals surface area contributed by atoms with E-state index in [9.17, 15) is 13.2 Å². The van der Waals surface area contributed by atoms with Gasteiger partial charge in [0.1, 0.15) is 0 Å². The monoisotopic (exact) mass is 411 g/mol. The molecule has 1 aliphatic heterocycles. The Kier molecular flexibility index (Phi) is 5.72. The van der Waals surface area contributed by atoms with Crippen molar-refractivity contribution >= 4 is 34.9 Å². The molecule has 1 aliphatic rings. The first-order chi connectivity index (χ1) is 12.7. The molecule has 0 amide bonds. The van der Waals surface area contributed by atoms with Gasteiger partial charge in [-0.2, -0.15) is 18.3 Å². The molecule has 0 saturated heterocycles. The Bertz CT molecular complexity index is 879. The average molecular weight is 412 g/mol. The van der Waals surface area contributed by atoms with Crippen LogP contribution < -0.4 is 4.72 Å². The van der Waals surface area contributed by atoms with Crippen molar-refractivity contribution < 1.29 is 13.2 Å². The Balaban J connectivity index is 1.85. The Morgan fingerprint density at radius 2 is 1.93 bits per heavy atom. The lowest BCUT2D eigenvalue weighted by atomic mass is 10.1. The first kappa shape index (κ1) is 19.6. The molecule has 27 heavy (non-hydrogen) atoms. The van der Waals surface area contributed by atoms with Gasteiger partial charge in [-0.1, -0.05) is 24.2 Å². The predicted octanol–water partition coefficient (Wildman–Crippen LogP) is 6.57. The number of alkyl halides is 3. The zero-order chi connectivity index (χ0) is 19.6. The molecule has 1 heterocycles. The number of hydrogen-bond acceptors (Lipinski definition) is 4. The number of anilines is 1. The van der Waals surface area contributed by atoms with Gasteiger partial charge in [0.25, 0.3) is 0 Å². The molecule has 3 rings (SSSR count). The minimum atomic E-state index is -4.41. The Labute approximate surface area is 165 Å². The highest BCUT2D eigenvalue weighted by Gasteiger charge is 2.31. The fraction of sp³-hybridized carbons (Fsp3) is 0.211. The molecule has 0 atom stereocenters. The van der Waals surface area contributed by atoms with Crippen LogP contribution in [0.5, 0.6) is 0 Å². The maximum Gasteiger partial charge on any atom is 0.416 e. The highest BCUT2D eigenvalue weighted by Crippen LogP contribution is 2.35. The molecule has 0 saturated carbocycles. The molecule has 3 nitrogen and oxygen atoms in total. The topological polar surface area (TPSA) is 27.6 Å². The Hall–Kier alpha value is -2.12. The fourth-order valence-electron chi connectivity index (χ4n) is 2.61. The van der Waals surface area contributed by atoms with E-state index in [1.54, 1.807) is 29.3 Å². The average Bonchev–Trinajstić information content (AvgIpc) is 2.91. The van der Waals surface area contributed by atoms with Crippen LogP contribution >= 0.6 is 23.5 Å². The zero-order valence-electron chi connectivity index (χ0n) is 14.5. The molecule has 2 aromatic rings. The van der Waals surface area contributed by atoms with Crippen molar-refractivity contribution in [2.45, 2.75) is 31.0 Å². The van der Waals surface area contributed by atoms with Crippen LogP contribution in [0.2, 0.25) is 5.02 Å². The first-order valence-electron chi connectivity index (χ1n) is 8.10. The van der Waals surface area contributed by atoms with Crippen LogP contribution in [0.15, 0.2) is 64.7 Å². The van der Waals surface area contributed by atoms with Gasteiger partial charge in [0.05, 0.1) is 12.1 Å². The molecular weight excluding hydrogens is 395 g/mol. The third-order valence-electron chi connectivity index (χ3n) is 3.97. The quantitative estimate of drug-likeness (QED) is 0.563. The first-order valence-corrected chi connectivity index (χ1v) is 9.30. The summed E-state index contributed by atoms with van der Waals surface area (Å²) in [5.41, 5.74) is 2.13. The minimum Gasteiger partial charge on any atom is -0.325 e. The highest BCUT2D eigenvalue weighted by atomic mass is 35.5. The summed E-state index contributed by atoms with van der Waals surface area (Å²) in [5, 5.41) is 6.70. The number of hydrazone groups is 1. The van der Waals surface area contributed by atoms with Gasteiger partial charge in [-0.3, -0.25) is 5.01 Å². The molecule has 0 spiro atoms. The summed E-state index contributed by atoms with van der Waals surface area (Å²) >= 11 is 7.09. The molecule has 0 aliphatic carbocycles. The second-order valence-electron chi connectivity index (χ2n) is 6.16. The van der Waals surface area contributed by atoms with E-state index < -0.39 is 11.7 Å². The Morgan fingerprint density at radius 3 is 2.52 bits per heavy atom. The van der Waals surface area contributed by atoms with Crippen molar-refractivity contribution in [3.63, 3.8) is 0 Å². The lowest BCUT2D eigenvalue weighted by molar-refractivity contribution is -0.137. The standard InChI is InChI=1S/C19H17ClF3N3S/c1-12-9-13(2)26(24-12)11-14-3-4-15(19(21,22)23)10-18(14)25-27-17-7-5-16(20)6-8-17/h3-8,10,25H,2,9,11H2,1H3. The van der Waals surface area contributed by atoms with Crippen LogP contribution in [-0.2, 0) is 12.7 Å². The van der Waals surface area contributed by atoms with Crippen molar-refractivity contribution in [2.75, 3.05) is 4.72 Å². The largest absolute Gasteiger partial charge is 0.416 e. The third-order valence-corrected chi connectivity index (χ3v) is 5.05. The van der Waals surface area contributed by atoms with Gasteiger partial charge >= 0.3 is 6.18 Å². The summed E-state index contributed by atoms with van der Waals surface area (Å²) in [6.45, 7) is 6.21. The molecule has 1 N–H and O–H groups in total. The number of nitrogens with one attached hydrogen (secondary N) is 1. The summed E-state index contributed by atoms with van der Waals surface area (Å²) in [6, 6.07) is 10.7. The van der Waals surface area contributed by atoms with Crippen LogP contribution in [0.3, 0.4) is 0 Å². The lowest BCUT2D eigenvalue weighted by Gasteiger charge is -2.20. The highest BCUT2D eigenvalue weighted by molar-refractivity contribution is 8.00.